The molecule has 8 atom stereocenters. The number of aliphatic hydroxyl groups is 3. The molecule has 172 valence electrons. The number of carbonyl (C=O) groups excluding carboxylic acids is 2. The van der Waals surface area contributed by atoms with Crippen molar-refractivity contribution in [2.24, 2.45) is 28.6 Å². The Morgan fingerprint density at radius 1 is 1.29 bits per heavy atom. The van der Waals surface area contributed by atoms with Crippen LogP contribution in [0.4, 0.5) is 0 Å². The number of carbonyl (C=O) groups is 2. The predicted molar refractivity (Wildman–Crippen MR) is 107 cm³/mol. The van der Waals surface area contributed by atoms with Gasteiger partial charge in [-0.25, -0.2) is 4.57 Å². The maximum absolute atomic E-state index is 12.8. The number of aliphatic hydroxyl groups excluding tert-OH is 2. The second-order valence-corrected chi connectivity index (χ2v) is 11.2. The fraction of sp³-hybridized carbons (Fsp3) is 0.714. The number of allylic oxidation sites excluding steroid dienone is 3. The van der Waals surface area contributed by atoms with Crippen molar-refractivity contribution in [3.63, 3.8) is 0 Å². The van der Waals surface area contributed by atoms with Gasteiger partial charge in [0.2, 0.25) is 0 Å². The second-order valence-electron chi connectivity index (χ2n) is 9.94. The van der Waals surface area contributed by atoms with Gasteiger partial charge in [0, 0.05) is 16.7 Å². The molecule has 10 heteroatoms. The number of rotatable bonds is 4. The number of hydrogen-bond donors (Lipinski definition) is 5. The third-order valence-electron chi connectivity index (χ3n) is 8.49. The number of ketones is 2. The van der Waals surface area contributed by atoms with Crippen molar-refractivity contribution in [3.8, 4) is 0 Å². The van der Waals surface area contributed by atoms with Gasteiger partial charge < -0.3 is 25.1 Å². The Morgan fingerprint density at radius 2 is 1.97 bits per heavy atom. The van der Waals surface area contributed by atoms with Crippen molar-refractivity contribution in [1.29, 1.82) is 0 Å². The summed E-state index contributed by atoms with van der Waals surface area (Å²) in [5.41, 5.74) is -3.08. The zero-order valence-electron chi connectivity index (χ0n) is 17.5. The SMILES string of the molecule is C[C@]12C=CC(=O)C=C1[C@H](O)C[C@@H]1[C@@H]2[C@@H](O)C[C@@]2(C)[C@H]1CC[C@]2(O)C(=O)COP(=O)(O)O. The Hall–Kier alpha value is -1.19. The molecule has 4 aliphatic carbocycles. The van der Waals surface area contributed by atoms with Gasteiger partial charge in [0.1, 0.15) is 12.2 Å². The molecule has 0 bridgehead atoms. The molecule has 0 radical (unpaired) electrons. The van der Waals surface area contributed by atoms with Crippen molar-refractivity contribution in [2.45, 2.75) is 57.3 Å². The summed E-state index contributed by atoms with van der Waals surface area (Å²) in [6.07, 6.45) is 3.80. The Kier molecular flexibility index (Phi) is 5.30. The maximum Gasteiger partial charge on any atom is 0.470 e. The molecule has 4 rings (SSSR count). The Morgan fingerprint density at radius 3 is 2.61 bits per heavy atom. The van der Waals surface area contributed by atoms with E-state index in [1.807, 2.05) is 6.92 Å². The first-order valence-electron chi connectivity index (χ1n) is 10.5. The van der Waals surface area contributed by atoms with Crippen LogP contribution in [0.1, 0.15) is 39.5 Å². The lowest BCUT2D eigenvalue weighted by Gasteiger charge is -2.60. The highest BCUT2D eigenvalue weighted by Crippen LogP contribution is 2.67. The van der Waals surface area contributed by atoms with E-state index in [4.69, 9.17) is 9.79 Å². The monoisotopic (exact) mass is 456 g/mol. The molecule has 0 aromatic rings. The lowest BCUT2D eigenvalue weighted by Crippen LogP contribution is -2.63. The molecule has 0 aliphatic heterocycles. The van der Waals surface area contributed by atoms with Crippen LogP contribution >= 0.6 is 7.82 Å². The van der Waals surface area contributed by atoms with E-state index in [0.29, 0.717) is 18.4 Å². The van der Waals surface area contributed by atoms with Gasteiger partial charge in [0.05, 0.1) is 12.2 Å². The summed E-state index contributed by atoms with van der Waals surface area (Å²) < 4.78 is 15.4. The molecule has 0 unspecified atom stereocenters. The van der Waals surface area contributed by atoms with E-state index in [-0.39, 0.29) is 36.4 Å². The molecule has 3 fully saturated rings. The summed E-state index contributed by atoms with van der Waals surface area (Å²) in [6.45, 7) is 2.69. The predicted octanol–water partition coefficient (Wildman–Crippen LogP) is 0.645. The molecule has 0 aromatic carbocycles. The van der Waals surface area contributed by atoms with Gasteiger partial charge in [0.25, 0.3) is 0 Å². The largest absolute Gasteiger partial charge is 0.470 e. The number of phosphoric ester groups is 1. The van der Waals surface area contributed by atoms with E-state index in [1.54, 1.807) is 13.0 Å². The van der Waals surface area contributed by atoms with Gasteiger partial charge in [-0.3, -0.25) is 14.1 Å². The lowest BCUT2D eigenvalue weighted by molar-refractivity contribution is -0.182. The minimum Gasteiger partial charge on any atom is -0.393 e. The van der Waals surface area contributed by atoms with E-state index in [1.165, 1.54) is 12.2 Å². The Labute approximate surface area is 180 Å². The van der Waals surface area contributed by atoms with Crippen LogP contribution in [0.15, 0.2) is 23.8 Å². The summed E-state index contributed by atoms with van der Waals surface area (Å²) in [7, 11) is -4.88. The van der Waals surface area contributed by atoms with Crippen molar-refractivity contribution in [1.82, 2.24) is 0 Å². The zero-order chi connectivity index (χ0) is 23.0. The zero-order valence-corrected chi connectivity index (χ0v) is 18.4. The van der Waals surface area contributed by atoms with Crippen LogP contribution in [-0.4, -0.2) is 61.1 Å². The highest BCUT2D eigenvalue weighted by molar-refractivity contribution is 7.46. The number of fused-ring (bicyclic) bond motifs is 5. The fourth-order valence-corrected chi connectivity index (χ4v) is 7.39. The topological polar surface area (TPSA) is 162 Å². The van der Waals surface area contributed by atoms with E-state index in [9.17, 15) is 29.5 Å². The molecule has 0 aromatic heterocycles. The van der Waals surface area contributed by atoms with Gasteiger partial charge in [-0.05, 0) is 55.2 Å². The summed E-state index contributed by atoms with van der Waals surface area (Å²) in [5, 5.41) is 33.5. The van der Waals surface area contributed by atoms with E-state index >= 15 is 0 Å². The van der Waals surface area contributed by atoms with Crippen LogP contribution in [-0.2, 0) is 18.7 Å². The summed E-state index contributed by atoms with van der Waals surface area (Å²) in [5.74, 6) is -1.74. The summed E-state index contributed by atoms with van der Waals surface area (Å²) >= 11 is 0. The standard InChI is InChI=1S/C21H29O9P/c1-19-5-3-11(22)7-14(19)15(23)8-12-13-4-6-21(26,17(25)10-30-31(27,28)29)20(13,2)9-16(24)18(12)19/h3,5,7,12-13,15-16,18,23-24,26H,4,6,8-10H2,1-2H3,(H2,27,28,29)/t12-,13-,15+,16-,18+,19-,20-,21-/m0/s1. The van der Waals surface area contributed by atoms with Gasteiger partial charge >= 0.3 is 7.82 Å². The van der Waals surface area contributed by atoms with Crippen molar-refractivity contribution < 1.29 is 43.8 Å². The van der Waals surface area contributed by atoms with Crippen LogP contribution in [0.5, 0.6) is 0 Å². The highest BCUT2D eigenvalue weighted by Gasteiger charge is 2.68. The Bertz CT molecular complexity index is 922. The molecular weight excluding hydrogens is 427 g/mol. The first kappa shape index (κ1) is 23.0. The molecule has 31 heavy (non-hydrogen) atoms. The molecule has 0 heterocycles. The third-order valence-corrected chi connectivity index (χ3v) is 8.96. The van der Waals surface area contributed by atoms with Crippen LogP contribution < -0.4 is 0 Å². The highest BCUT2D eigenvalue weighted by atomic mass is 31.2. The summed E-state index contributed by atoms with van der Waals surface area (Å²) in [6, 6.07) is 0. The van der Waals surface area contributed by atoms with Gasteiger partial charge in [-0.1, -0.05) is 19.9 Å². The van der Waals surface area contributed by atoms with Crippen LogP contribution in [0.2, 0.25) is 0 Å². The van der Waals surface area contributed by atoms with E-state index in [0.717, 1.165) is 0 Å². The minimum absolute atomic E-state index is 0.0806. The smallest absolute Gasteiger partial charge is 0.393 e. The minimum atomic E-state index is -4.88. The Balaban J connectivity index is 1.68. The average Bonchev–Trinajstić information content (AvgIpc) is 2.92. The molecule has 5 N–H and O–H groups in total. The average molecular weight is 456 g/mol. The second kappa shape index (κ2) is 7.15. The molecule has 0 spiro atoms. The summed E-state index contributed by atoms with van der Waals surface area (Å²) in [4.78, 5) is 42.6. The molecule has 4 aliphatic rings. The molecular formula is C21H29O9P. The maximum atomic E-state index is 12.8. The fourth-order valence-electron chi connectivity index (χ4n) is 7.11. The van der Waals surface area contributed by atoms with Crippen LogP contribution in [0.3, 0.4) is 0 Å². The van der Waals surface area contributed by atoms with Crippen molar-refractivity contribution in [2.75, 3.05) is 6.61 Å². The number of hydrogen-bond acceptors (Lipinski definition) is 7. The van der Waals surface area contributed by atoms with Crippen molar-refractivity contribution in [3.05, 3.63) is 23.8 Å². The van der Waals surface area contributed by atoms with Gasteiger partial charge in [-0.2, -0.15) is 0 Å². The van der Waals surface area contributed by atoms with Crippen molar-refractivity contribution >= 4 is 19.4 Å². The molecule has 0 saturated heterocycles. The van der Waals surface area contributed by atoms with Crippen LogP contribution in [0, 0.1) is 28.6 Å². The molecule has 0 amide bonds. The van der Waals surface area contributed by atoms with E-state index < -0.39 is 48.9 Å². The lowest BCUT2D eigenvalue weighted by atomic mass is 9.45. The number of phosphoric acid groups is 1. The molecule has 9 nitrogen and oxygen atoms in total. The third kappa shape index (κ3) is 3.33. The molecule has 3 saturated carbocycles. The first-order chi connectivity index (χ1) is 14.2. The number of Topliss-reactive ketones (excluding diaryl/α,β-unsaturated/α-hetero) is 1. The van der Waals surface area contributed by atoms with Gasteiger partial charge in [0.15, 0.2) is 11.6 Å². The first-order valence-corrected chi connectivity index (χ1v) is 12.0. The van der Waals surface area contributed by atoms with Gasteiger partial charge in [-0.15, -0.1) is 0 Å². The van der Waals surface area contributed by atoms with Crippen LogP contribution in [0.25, 0.3) is 0 Å². The quantitative estimate of drug-likeness (QED) is 0.382. The normalized spacial score (nSPS) is 46.7. The van der Waals surface area contributed by atoms with E-state index in [2.05, 4.69) is 4.52 Å².